The van der Waals surface area contributed by atoms with E-state index < -0.39 is 5.97 Å². The van der Waals surface area contributed by atoms with Crippen LogP contribution in [0, 0.1) is 0 Å². The van der Waals surface area contributed by atoms with E-state index in [2.05, 4.69) is 13.8 Å². The number of carbonyl (C=O) groups is 2. The van der Waals surface area contributed by atoms with Crippen LogP contribution in [0.1, 0.15) is 46.0 Å². The van der Waals surface area contributed by atoms with Crippen molar-refractivity contribution in [3.05, 3.63) is 95.6 Å². The zero-order valence-electron chi connectivity index (χ0n) is 15.5. The van der Waals surface area contributed by atoms with E-state index in [0.717, 1.165) is 16.7 Å². The van der Waals surface area contributed by atoms with Crippen molar-refractivity contribution in [1.82, 2.24) is 0 Å². The Bertz CT molecular complexity index is 908. The molecule has 0 saturated carbocycles. The molecule has 0 bridgehead atoms. The molecule has 0 aliphatic rings. The summed E-state index contributed by atoms with van der Waals surface area (Å²) in [4.78, 5) is 24.4. The van der Waals surface area contributed by atoms with Crippen LogP contribution in [0.5, 0.6) is 0 Å². The average Bonchev–Trinajstić information content (AvgIpc) is 2.72. The molecule has 0 aliphatic carbocycles. The standard InChI is InChI=1S/C24H22O3/c1-17(2)18-8-14-22(15-9-18)24(26)27-16-23(25)21-12-10-20(11-13-21)19-6-4-3-5-7-19/h3-15,17H,16H2,1-2H3. The molecule has 0 radical (unpaired) electrons. The third-order valence-electron chi connectivity index (χ3n) is 4.46. The largest absolute Gasteiger partial charge is 0.454 e. The summed E-state index contributed by atoms with van der Waals surface area (Å²) < 4.78 is 5.17. The van der Waals surface area contributed by atoms with Crippen LogP contribution in [0.15, 0.2) is 78.9 Å². The number of rotatable bonds is 6. The zero-order chi connectivity index (χ0) is 19.2. The van der Waals surface area contributed by atoms with Gasteiger partial charge in [0.15, 0.2) is 12.4 Å². The van der Waals surface area contributed by atoms with Crippen LogP contribution in [0.4, 0.5) is 0 Å². The Kier molecular flexibility index (Phi) is 5.82. The first kappa shape index (κ1) is 18.6. The molecule has 3 rings (SSSR count). The van der Waals surface area contributed by atoms with Gasteiger partial charge in [-0.3, -0.25) is 4.79 Å². The Hall–Kier alpha value is -3.20. The highest BCUT2D eigenvalue weighted by atomic mass is 16.5. The Balaban J connectivity index is 1.59. The molecular formula is C24H22O3. The van der Waals surface area contributed by atoms with Gasteiger partial charge in [-0.15, -0.1) is 0 Å². The van der Waals surface area contributed by atoms with Gasteiger partial charge in [-0.1, -0.05) is 80.6 Å². The van der Waals surface area contributed by atoms with E-state index in [1.807, 2.05) is 54.6 Å². The van der Waals surface area contributed by atoms with Crippen LogP contribution >= 0.6 is 0 Å². The quantitative estimate of drug-likeness (QED) is 0.431. The number of carbonyl (C=O) groups excluding carboxylic acids is 2. The summed E-state index contributed by atoms with van der Waals surface area (Å²) in [6.07, 6.45) is 0. The molecule has 0 saturated heterocycles. The second kappa shape index (κ2) is 8.45. The molecule has 0 amide bonds. The van der Waals surface area contributed by atoms with Gasteiger partial charge >= 0.3 is 5.97 Å². The summed E-state index contributed by atoms with van der Waals surface area (Å²) in [5.74, 6) is -0.308. The highest BCUT2D eigenvalue weighted by molar-refractivity contribution is 5.99. The lowest BCUT2D eigenvalue weighted by Gasteiger charge is -2.08. The van der Waals surface area contributed by atoms with Gasteiger partial charge in [0.1, 0.15) is 0 Å². The van der Waals surface area contributed by atoms with E-state index in [4.69, 9.17) is 4.74 Å². The van der Waals surface area contributed by atoms with Gasteiger partial charge < -0.3 is 4.74 Å². The van der Waals surface area contributed by atoms with Crippen LogP contribution in [-0.4, -0.2) is 18.4 Å². The summed E-state index contributed by atoms with van der Waals surface area (Å²) in [7, 11) is 0. The van der Waals surface area contributed by atoms with E-state index in [0.29, 0.717) is 17.0 Å². The molecule has 3 aromatic rings. The minimum Gasteiger partial charge on any atom is -0.454 e. The monoisotopic (exact) mass is 358 g/mol. The summed E-state index contributed by atoms with van der Waals surface area (Å²) >= 11 is 0. The normalized spacial score (nSPS) is 10.6. The third kappa shape index (κ3) is 4.70. The van der Waals surface area contributed by atoms with Crippen molar-refractivity contribution in [2.24, 2.45) is 0 Å². The van der Waals surface area contributed by atoms with Crippen LogP contribution in [0.25, 0.3) is 11.1 Å². The van der Waals surface area contributed by atoms with Gasteiger partial charge in [0.25, 0.3) is 0 Å². The summed E-state index contributed by atoms with van der Waals surface area (Å²) in [6, 6.07) is 24.5. The van der Waals surface area contributed by atoms with Crippen molar-refractivity contribution in [2.75, 3.05) is 6.61 Å². The molecule has 0 aliphatic heterocycles. The lowest BCUT2D eigenvalue weighted by molar-refractivity contribution is 0.0474. The zero-order valence-corrected chi connectivity index (χ0v) is 15.5. The topological polar surface area (TPSA) is 43.4 Å². The molecule has 0 fully saturated rings. The first-order valence-corrected chi connectivity index (χ1v) is 9.00. The Morgan fingerprint density at radius 2 is 1.30 bits per heavy atom. The minimum atomic E-state index is -0.487. The SMILES string of the molecule is CC(C)c1ccc(C(=O)OCC(=O)c2ccc(-c3ccccc3)cc2)cc1. The minimum absolute atomic E-state index is 0.221. The smallest absolute Gasteiger partial charge is 0.338 e. The first-order valence-electron chi connectivity index (χ1n) is 9.00. The lowest BCUT2D eigenvalue weighted by Crippen LogP contribution is -2.14. The lowest BCUT2D eigenvalue weighted by atomic mass is 10.0. The van der Waals surface area contributed by atoms with Crippen LogP contribution in [-0.2, 0) is 4.74 Å². The van der Waals surface area contributed by atoms with Crippen LogP contribution in [0.2, 0.25) is 0 Å². The van der Waals surface area contributed by atoms with Gasteiger partial charge in [0, 0.05) is 5.56 Å². The fourth-order valence-electron chi connectivity index (χ4n) is 2.78. The maximum Gasteiger partial charge on any atom is 0.338 e. The Labute approximate surface area is 159 Å². The first-order chi connectivity index (χ1) is 13.0. The molecule has 0 aromatic heterocycles. The highest BCUT2D eigenvalue weighted by Gasteiger charge is 2.12. The summed E-state index contributed by atoms with van der Waals surface area (Å²) in [6.45, 7) is 3.92. The number of ether oxygens (including phenoxy) is 1. The molecule has 3 aromatic carbocycles. The van der Waals surface area contributed by atoms with Crippen molar-refractivity contribution in [3.63, 3.8) is 0 Å². The van der Waals surface area contributed by atoms with Crippen LogP contribution in [0.3, 0.4) is 0 Å². The molecule has 136 valence electrons. The number of hydrogen-bond donors (Lipinski definition) is 0. The van der Waals surface area contributed by atoms with E-state index >= 15 is 0 Å². The molecule has 0 heterocycles. The highest BCUT2D eigenvalue weighted by Crippen LogP contribution is 2.19. The van der Waals surface area contributed by atoms with E-state index in [9.17, 15) is 9.59 Å². The maximum absolute atomic E-state index is 12.3. The van der Waals surface area contributed by atoms with Crippen molar-refractivity contribution in [1.29, 1.82) is 0 Å². The third-order valence-corrected chi connectivity index (χ3v) is 4.46. The molecule has 0 unspecified atom stereocenters. The van der Waals surface area contributed by atoms with Gasteiger partial charge in [-0.2, -0.15) is 0 Å². The average molecular weight is 358 g/mol. The number of esters is 1. The fraction of sp³-hybridized carbons (Fsp3) is 0.167. The van der Waals surface area contributed by atoms with Crippen molar-refractivity contribution in [3.8, 4) is 11.1 Å². The molecule has 0 N–H and O–H groups in total. The molecule has 3 nitrogen and oxygen atoms in total. The van der Waals surface area contributed by atoms with Crippen molar-refractivity contribution >= 4 is 11.8 Å². The van der Waals surface area contributed by atoms with E-state index in [1.165, 1.54) is 0 Å². The van der Waals surface area contributed by atoms with E-state index in [1.54, 1.807) is 24.3 Å². The van der Waals surface area contributed by atoms with E-state index in [-0.39, 0.29) is 12.4 Å². The number of benzene rings is 3. The Morgan fingerprint density at radius 1 is 0.741 bits per heavy atom. The second-order valence-corrected chi connectivity index (χ2v) is 6.72. The fourth-order valence-corrected chi connectivity index (χ4v) is 2.78. The van der Waals surface area contributed by atoms with Crippen molar-refractivity contribution in [2.45, 2.75) is 19.8 Å². The molecule has 27 heavy (non-hydrogen) atoms. The molecule has 0 spiro atoms. The van der Waals surface area contributed by atoms with Crippen molar-refractivity contribution < 1.29 is 14.3 Å². The predicted molar refractivity (Wildman–Crippen MR) is 107 cm³/mol. The Morgan fingerprint density at radius 3 is 1.89 bits per heavy atom. The molecule has 3 heteroatoms. The second-order valence-electron chi connectivity index (χ2n) is 6.72. The van der Waals surface area contributed by atoms with Gasteiger partial charge in [0.2, 0.25) is 0 Å². The van der Waals surface area contributed by atoms with Gasteiger partial charge in [-0.05, 0) is 34.7 Å². The number of Topliss-reactive ketones (excluding diaryl/α,β-unsaturated/α-hetero) is 1. The number of hydrogen-bond acceptors (Lipinski definition) is 3. The van der Waals surface area contributed by atoms with Gasteiger partial charge in [-0.25, -0.2) is 4.79 Å². The summed E-state index contributed by atoms with van der Waals surface area (Å²) in [5, 5.41) is 0. The summed E-state index contributed by atoms with van der Waals surface area (Å²) in [5.41, 5.74) is 4.26. The van der Waals surface area contributed by atoms with Crippen LogP contribution < -0.4 is 0 Å². The number of ketones is 1. The maximum atomic E-state index is 12.3. The molecule has 0 atom stereocenters. The van der Waals surface area contributed by atoms with Gasteiger partial charge in [0.05, 0.1) is 5.56 Å². The molecular weight excluding hydrogens is 336 g/mol. The predicted octanol–water partition coefficient (Wildman–Crippen LogP) is 5.52.